The van der Waals surface area contributed by atoms with E-state index in [4.69, 9.17) is 14.7 Å². The van der Waals surface area contributed by atoms with Gasteiger partial charge in [-0.2, -0.15) is 18.4 Å². The van der Waals surface area contributed by atoms with E-state index in [1.54, 1.807) is 0 Å². The zero-order chi connectivity index (χ0) is 15.6. The van der Waals surface area contributed by atoms with Crippen LogP contribution < -0.4 is 9.47 Å². The summed E-state index contributed by atoms with van der Waals surface area (Å²) in [6.45, 7) is 0. The molecule has 110 valence electrons. The lowest BCUT2D eigenvalue weighted by atomic mass is 10.2. The molecule has 1 aromatic heterocycles. The number of rotatable bonds is 3. The summed E-state index contributed by atoms with van der Waals surface area (Å²) in [5.41, 5.74) is -2.06. The number of nitrogens with zero attached hydrogens (tertiary/aromatic N) is 4. The molecule has 2 rings (SSSR count). The zero-order valence-corrected chi connectivity index (χ0v) is 11.0. The summed E-state index contributed by atoms with van der Waals surface area (Å²) >= 11 is 0. The molecule has 0 spiro atoms. The third kappa shape index (κ3) is 2.60. The number of alkyl halides is 3. The van der Waals surface area contributed by atoms with E-state index in [2.05, 4.69) is 10.3 Å². The first kappa shape index (κ1) is 14.6. The first-order valence-corrected chi connectivity index (χ1v) is 5.57. The fourth-order valence-electron chi connectivity index (χ4n) is 1.74. The summed E-state index contributed by atoms with van der Waals surface area (Å²) in [6.07, 6.45) is -4.78. The molecule has 0 fully saturated rings. The van der Waals surface area contributed by atoms with Crippen molar-refractivity contribution in [3.8, 4) is 23.3 Å². The first-order valence-electron chi connectivity index (χ1n) is 5.57. The summed E-state index contributed by atoms with van der Waals surface area (Å²) in [6, 6.07) is 5.56. The van der Waals surface area contributed by atoms with E-state index in [1.807, 2.05) is 0 Å². The minimum Gasteiger partial charge on any atom is -0.497 e. The van der Waals surface area contributed by atoms with Crippen LogP contribution in [-0.2, 0) is 6.18 Å². The van der Waals surface area contributed by atoms with Gasteiger partial charge in [-0.1, -0.05) is 5.21 Å². The van der Waals surface area contributed by atoms with Crippen LogP contribution >= 0.6 is 0 Å². The molecule has 0 saturated carbocycles. The molecular weight excluding hydrogens is 289 g/mol. The quantitative estimate of drug-likeness (QED) is 0.868. The van der Waals surface area contributed by atoms with Crippen LogP contribution in [0.3, 0.4) is 0 Å². The molecule has 0 radical (unpaired) electrons. The summed E-state index contributed by atoms with van der Waals surface area (Å²) in [5.74, 6) is 0.513. The van der Waals surface area contributed by atoms with Crippen LogP contribution in [0, 0.1) is 11.3 Å². The van der Waals surface area contributed by atoms with E-state index in [0.29, 0.717) is 10.4 Å². The fraction of sp³-hybridized carbons (Fsp3) is 0.250. The highest BCUT2D eigenvalue weighted by Gasteiger charge is 2.40. The molecule has 6 nitrogen and oxygen atoms in total. The minimum atomic E-state index is -4.78. The Kier molecular flexibility index (Phi) is 3.71. The van der Waals surface area contributed by atoms with Gasteiger partial charge < -0.3 is 9.47 Å². The summed E-state index contributed by atoms with van der Waals surface area (Å²) in [4.78, 5) is 0. The molecule has 0 bridgehead atoms. The first-order chi connectivity index (χ1) is 9.92. The predicted molar refractivity (Wildman–Crippen MR) is 64.2 cm³/mol. The van der Waals surface area contributed by atoms with Crippen molar-refractivity contribution in [1.29, 1.82) is 5.26 Å². The Hall–Kier alpha value is -2.76. The topological polar surface area (TPSA) is 73.0 Å². The van der Waals surface area contributed by atoms with Gasteiger partial charge in [-0.3, -0.25) is 0 Å². The maximum absolute atomic E-state index is 13.1. The summed E-state index contributed by atoms with van der Waals surface area (Å²) in [7, 11) is 2.71. The molecule has 1 heterocycles. The number of hydrogen-bond donors (Lipinski definition) is 0. The Morgan fingerprint density at radius 3 is 2.48 bits per heavy atom. The number of benzene rings is 1. The second-order valence-electron chi connectivity index (χ2n) is 3.85. The Labute approximate surface area is 117 Å². The van der Waals surface area contributed by atoms with Crippen molar-refractivity contribution >= 4 is 0 Å². The lowest BCUT2D eigenvalue weighted by Gasteiger charge is -2.13. The summed E-state index contributed by atoms with van der Waals surface area (Å²) < 4.78 is 49.8. The monoisotopic (exact) mass is 298 g/mol. The average Bonchev–Trinajstić information content (AvgIpc) is 2.90. The van der Waals surface area contributed by atoms with E-state index >= 15 is 0 Å². The molecule has 2 aromatic rings. The highest BCUT2D eigenvalue weighted by Crippen LogP contribution is 2.35. The molecular formula is C12H9F3N4O2. The van der Waals surface area contributed by atoms with Crippen molar-refractivity contribution < 1.29 is 22.6 Å². The van der Waals surface area contributed by atoms with E-state index in [0.717, 1.165) is 0 Å². The third-order valence-electron chi connectivity index (χ3n) is 2.66. The normalized spacial score (nSPS) is 11.0. The summed E-state index contributed by atoms with van der Waals surface area (Å²) in [5, 5.41) is 15.4. The second kappa shape index (κ2) is 5.32. The van der Waals surface area contributed by atoms with E-state index in [1.165, 1.54) is 38.5 Å². The number of methoxy groups -OCH3 is 2. The standard InChI is InChI=1S/C12H9F3N4O2/c1-20-7-3-4-9(10(5-7)21-2)19-11(12(13,14)15)8(6-16)17-18-19/h3-5H,1-2H3. The molecule has 0 N–H and O–H groups in total. The Morgan fingerprint density at radius 2 is 1.95 bits per heavy atom. The lowest BCUT2D eigenvalue weighted by molar-refractivity contribution is -0.143. The van der Waals surface area contributed by atoms with Gasteiger partial charge in [-0.25, -0.2) is 4.68 Å². The van der Waals surface area contributed by atoms with Crippen LogP contribution in [-0.4, -0.2) is 29.2 Å². The highest BCUT2D eigenvalue weighted by atomic mass is 19.4. The number of hydrogen-bond acceptors (Lipinski definition) is 5. The number of halogens is 3. The van der Waals surface area contributed by atoms with Crippen molar-refractivity contribution in [2.24, 2.45) is 0 Å². The maximum atomic E-state index is 13.1. The Morgan fingerprint density at radius 1 is 1.24 bits per heavy atom. The lowest BCUT2D eigenvalue weighted by Crippen LogP contribution is -2.15. The van der Waals surface area contributed by atoms with Crippen LogP contribution in [0.1, 0.15) is 11.4 Å². The smallest absolute Gasteiger partial charge is 0.436 e. The second-order valence-corrected chi connectivity index (χ2v) is 3.85. The van der Waals surface area contributed by atoms with Gasteiger partial charge in [0.15, 0.2) is 11.4 Å². The Balaban J connectivity index is 2.69. The van der Waals surface area contributed by atoms with E-state index in [9.17, 15) is 13.2 Å². The van der Waals surface area contributed by atoms with Gasteiger partial charge in [0.2, 0.25) is 0 Å². The van der Waals surface area contributed by atoms with Crippen molar-refractivity contribution in [3.63, 3.8) is 0 Å². The minimum absolute atomic E-state index is 0.000347. The van der Waals surface area contributed by atoms with Crippen LogP contribution in [0.4, 0.5) is 13.2 Å². The molecule has 1 aromatic carbocycles. The van der Waals surface area contributed by atoms with Crippen molar-refractivity contribution in [1.82, 2.24) is 15.0 Å². The number of aromatic nitrogens is 3. The van der Waals surface area contributed by atoms with Crippen LogP contribution in [0.2, 0.25) is 0 Å². The molecule has 0 amide bonds. The predicted octanol–water partition coefficient (Wildman–Crippen LogP) is 2.17. The maximum Gasteiger partial charge on any atom is 0.436 e. The van der Waals surface area contributed by atoms with Crippen LogP contribution in [0.5, 0.6) is 11.5 Å². The zero-order valence-electron chi connectivity index (χ0n) is 11.0. The fourth-order valence-corrected chi connectivity index (χ4v) is 1.74. The van der Waals surface area contributed by atoms with Crippen molar-refractivity contribution in [2.45, 2.75) is 6.18 Å². The van der Waals surface area contributed by atoms with Gasteiger partial charge in [-0.05, 0) is 12.1 Å². The van der Waals surface area contributed by atoms with Gasteiger partial charge in [0.05, 0.1) is 14.2 Å². The van der Waals surface area contributed by atoms with Crippen LogP contribution in [0.15, 0.2) is 18.2 Å². The van der Waals surface area contributed by atoms with Crippen LogP contribution in [0.25, 0.3) is 5.69 Å². The molecule has 0 aliphatic heterocycles. The molecule has 9 heteroatoms. The van der Waals surface area contributed by atoms with E-state index in [-0.39, 0.29) is 11.4 Å². The highest BCUT2D eigenvalue weighted by molar-refractivity contribution is 5.52. The van der Waals surface area contributed by atoms with Crippen molar-refractivity contribution in [2.75, 3.05) is 14.2 Å². The molecule has 0 aliphatic rings. The van der Waals surface area contributed by atoms with Gasteiger partial charge in [-0.15, -0.1) is 5.10 Å². The molecule has 0 unspecified atom stereocenters. The number of ether oxygens (including phenoxy) is 2. The third-order valence-corrected chi connectivity index (χ3v) is 2.66. The Bertz CT molecular complexity index is 704. The SMILES string of the molecule is COc1ccc(-n2nnc(C#N)c2C(F)(F)F)c(OC)c1. The number of nitriles is 1. The largest absolute Gasteiger partial charge is 0.497 e. The van der Waals surface area contributed by atoms with Gasteiger partial charge in [0, 0.05) is 6.07 Å². The van der Waals surface area contributed by atoms with Gasteiger partial charge >= 0.3 is 6.18 Å². The van der Waals surface area contributed by atoms with E-state index < -0.39 is 17.6 Å². The van der Waals surface area contributed by atoms with Crippen molar-refractivity contribution in [3.05, 3.63) is 29.6 Å². The van der Waals surface area contributed by atoms with Gasteiger partial charge in [0.1, 0.15) is 23.3 Å². The molecule has 0 aliphatic carbocycles. The van der Waals surface area contributed by atoms with Gasteiger partial charge in [0.25, 0.3) is 0 Å². The molecule has 0 atom stereocenters. The molecule has 21 heavy (non-hydrogen) atoms. The average molecular weight is 298 g/mol. The molecule has 0 saturated heterocycles.